The van der Waals surface area contributed by atoms with Gasteiger partial charge in [-0.2, -0.15) is 0 Å². The minimum atomic E-state index is -2.02. The molecule has 3 atom stereocenters. The lowest BCUT2D eigenvalue weighted by atomic mass is 9.69. The van der Waals surface area contributed by atoms with Crippen LogP contribution in [0.4, 0.5) is 0 Å². The Bertz CT molecular complexity index is 1780. The molecular weight excluding hydrogens is 640 g/mol. The number of fused-ring (bicyclic) bond motifs is 1. The van der Waals surface area contributed by atoms with Gasteiger partial charge in [0, 0.05) is 29.9 Å². The molecule has 1 heterocycles. The van der Waals surface area contributed by atoms with Crippen molar-refractivity contribution in [2.24, 2.45) is 5.92 Å². The predicted octanol–water partition coefficient (Wildman–Crippen LogP) is 7.15. The highest BCUT2D eigenvalue weighted by atomic mass is 35.5. The fraction of sp³-hybridized carbons (Fsp3) is 0.378. The standard InChI is InChI=1S/C37H39ClO10/c1-19(2)22-10-8-21(9-11-22)18-47-27-15-23(12-13-26(27)43-4)24(16-30(40)46-7)31-25(39)14-20(3)37(35(31)41)36(42)32-28(44-5)17-29(45-6)33(38)34(32)48-37/h8-13,15,17,19-20,24,41H,14,16,18H2,1-7H3. The van der Waals surface area contributed by atoms with Gasteiger partial charge in [0.25, 0.3) is 0 Å². The third-order valence-corrected chi connectivity index (χ3v) is 9.45. The van der Waals surface area contributed by atoms with Gasteiger partial charge in [0.2, 0.25) is 11.4 Å². The van der Waals surface area contributed by atoms with Crippen molar-refractivity contribution in [2.45, 2.75) is 57.7 Å². The van der Waals surface area contributed by atoms with Crippen LogP contribution < -0.4 is 23.7 Å². The van der Waals surface area contributed by atoms with Gasteiger partial charge in [-0.1, -0.05) is 62.7 Å². The third kappa shape index (κ3) is 5.94. The zero-order chi connectivity index (χ0) is 34.9. The molecule has 0 amide bonds. The van der Waals surface area contributed by atoms with Crippen molar-refractivity contribution in [3.05, 3.63) is 87.1 Å². The second kappa shape index (κ2) is 13.8. The summed E-state index contributed by atoms with van der Waals surface area (Å²) in [4.78, 5) is 41.0. The Morgan fingerprint density at radius 3 is 2.19 bits per heavy atom. The Morgan fingerprint density at radius 1 is 0.938 bits per heavy atom. The van der Waals surface area contributed by atoms with E-state index in [1.807, 2.05) is 24.3 Å². The van der Waals surface area contributed by atoms with Crippen molar-refractivity contribution in [3.63, 3.8) is 0 Å². The summed E-state index contributed by atoms with van der Waals surface area (Å²) in [6.45, 7) is 6.10. The number of halogens is 1. The number of methoxy groups -OCH3 is 4. The fourth-order valence-corrected chi connectivity index (χ4v) is 6.62. The van der Waals surface area contributed by atoms with Gasteiger partial charge in [0.05, 0.1) is 34.9 Å². The Morgan fingerprint density at radius 2 is 1.58 bits per heavy atom. The number of Topliss-reactive ketones (excluding diaryl/α,β-unsaturated/α-hetero) is 2. The lowest BCUT2D eigenvalue weighted by Crippen LogP contribution is -2.53. The van der Waals surface area contributed by atoms with E-state index in [9.17, 15) is 19.5 Å². The van der Waals surface area contributed by atoms with E-state index in [4.69, 9.17) is 40.0 Å². The van der Waals surface area contributed by atoms with Crippen LogP contribution in [0.25, 0.3) is 0 Å². The van der Waals surface area contributed by atoms with E-state index in [-0.39, 0.29) is 52.9 Å². The zero-order valence-corrected chi connectivity index (χ0v) is 28.7. The predicted molar refractivity (Wildman–Crippen MR) is 178 cm³/mol. The molecule has 1 spiro atoms. The molecule has 3 aromatic carbocycles. The van der Waals surface area contributed by atoms with Crippen molar-refractivity contribution in [1.82, 2.24) is 0 Å². The molecule has 2 aliphatic rings. The average Bonchev–Trinajstić information content (AvgIpc) is 3.40. The van der Waals surface area contributed by atoms with E-state index in [2.05, 4.69) is 13.8 Å². The summed E-state index contributed by atoms with van der Waals surface area (Å²) < 4.78 is 33.9. The highest BCUT2D eigenvalue weighted by molar-refractivity contribution is 6.35. The number of carbonyl (C=O) groups is 3. The van der Waals surface area contributed by atoms with Crippen LogP contribution in [-0.4, -0.2) is 56.7 Å². The summed E-state index contributed by atoms with van der Waals surface area (Å²) in [6.07, 6.45) is -0.493. The van der Waals surface area contributed by atoms with Crippen LogP contribution in [0, 0.1) is 5.92 Å². The molecule has 1 aliphatic heterocycles. The van der Waals surface area contributed by atoms with Gasteiger partial charge in [-0.15, -0.1) is 0 Å². The first-order chi connectivity index (χ1) is 22.9. The number of aliphatic hydroxyl groups excluding tert-OH is 1. The SMILES string of the molecule is COC(=O)CC(C1=C(O)C2(Oc3c(Cl)c(OC)cc(OC)c3C2=O)C(C)CC1=O)c1ccc(OC)c(OCc2ccc(C(C)C)cc2)c1. The van der Waals surface area contributed by atoms with Crippen LogP contribution in [-0.2, 0) is 20.9 Å². The first kappa shape index (κ1) is 34.6. The van der Waals surface area contributed by atoms with Gasteiger partial charge in [-0.25, -0.2) is 0 Å². The Labute approximate surface area is 284 Å². The molecule has 0 saturated heterocycles. The van der Waals surface area contributed by atoms with E-state index in [0.717, 1.165) is 5.56 Å². The van der Waals surface area contributed by atoms with Crippen LogP contribution in [0.3, 0.4) is 0 Å². The summed E-state index contributed by atoms with van der Waals surface area (Å²) in [5.41, 5.74) is 0.430. The molecule has 0 fully saturated rings. The number of carbonyl (C=O) groups excluding carboxylic acids is 3. The molecule has 0 bridgehead atoms. The topological polar surface area (TPSA) is 127 Å². The fourth-order valence-electron chi connectivity index (χ4n) is 6.36. The van der Waals surface area contributed by atoms with Gasteiger partial charge in [-0.05, 0) is 34.7 Å². The zero-order valence-electron chi connectivity index (χ0n) is 28.0. The van der Waals surface area contributed by atoms with Gasteiger partial charge >= 0.3 is 5.97 Å². The number of hydrogen-bond acceptors (Lipinski definition) is 10. The van der Waals surface area contributed by atoms with Gasteiger partial charge < -0.3 is 33.5 Å². The van der Waals surface area contributed by atoms with Gasteiger partial charge in [-0.3, -0.25) is 14.4 Å². The summed E-state index contributed by atoms with van der Waals surface area (Å²) in [7, 11) is 5.52. The van der Waals surface area contributed by atoms with E-state index in [0.29, 0.717) is 23.0 Å². The molecule has 5 rings (SSSR count). The first-order valence-corrected chi connectivity index (χ1v) is 15.9. The van der Waals surface area contributed by atoms with Gasteiger partial charge in [0.15, 0.2) is 28.8 Å². The number of hydrogen-bond donors (Lipinski definition) is 1. The number of allylic oxidation sites excluding steroid dienone is 1. The number of benzene rings is 3. The van der Waals surface area contributed by atoms with Gasteiger partial charge in [0.1, 0.15) is 28.7 Å². The van der Waals surface area contributed by atoms with Crippen molar-refractivity contribution in [1.29, 1.82) is 0 Å². The van der Waals surface area contributed by atoms with Crippen LogP contribution in [0.5, 0.6) is 28.7 Å². The molecule has 10 nitrogen and oxygen atoms in total. The summed E-state index contributed by atoms with van der Waals surface area (Å²) in [6, 6.07) is 14.5. The number of aliphatic hydroxyl groups is 1. The molecule has 0 saturated carbocycles. The molecule has 3 unspecified atom stereocenters. The Hall–Kier alpha value is -4.70. The average molecular weight is 679 g/mol. The second-order valence-corrected chi connectivity index (χ2v) is 12.6. The molecule has 3 aromatic rings. The van der Waals surface area contributed by atoms with E-state index >= 15 is 0 Å². The molecule has 48 heavy (non-hydrogen) atoms. The number of rotatable bonds is 11. The minimum absolute atomic E-state index is 0.0128. The maximum absolute atomic E-state index is 14.3. The monoisotopic (exact) mass is 678 g/mol. The molecule has 1 aliphatic carbocycles. The summed E-state index contributed by atoms with van der Waals surface area (Å²) in [5, 5.41) is 12.1. The molecular formula is C37H39ClO10. The quantitative estimate of drug-likeness (QED) is 0.209. The lowest BCUT2D eigenvalue weighted by molar-refractivity contribution is -0.140. The normalized spacial score (nSPS) is 19.2. The van der Waals surface area contributed by atoms with E-state index < -0.39 is 40.7 Å². The summed E-state index contributed by atoms with van der Waals surface area (Å²) in [5.74, 6) is -2.71. The second-order valence-electron chi connectivity index (χ2n) is 12.2. The third-order valence-electron chi connectivity index (χ3n) is 9.09. The molecule has 0 aromatic heterocycles. The first-order valence-electron chi connectivity index (χ1n) is 15.5. The maximum atomic E-state index is 14.3. The van der Waals surface area contributed by atoms with Crippen molar-refractivity contribution in [2.75, 3.05) is 28.4 Å². The maximum Gasteiger partial charge on any atom is 0.306 e. The lowest BCUT2D eigenvalue weighted by Gasteiger charge is -2.38. The van der Waals surface area contributed by atoms with Crippen LogP contribution >= 0.6 is 11.6 Å². The largest absolute Gasteiger partial charge is 0.507 e. The molecule has 1 N–H and O–H groups in total. The van der Waals surface area contributed by atoms with Crippen LogP contribution in [0.15, 0.2) is 59.9 Å². The van der Waals surface area contributed by atoms with Crippen molar-refractivity contribution in [3.8, 4) is 28.7 Å². The van der Waals surface area contributed by atoms with E-state index in [1.165, 1.54) is 40.1 Å². The summed E-state index contributed by atoms with van der Waals surface area (Å²) >= 11 is 6.59. The number of ketones is 2. The smallest absolute Gasteiger partial charge is 0.306 e. The molecule has 0 radical (unpaired) electrons. The van der Waals surface area contributed by atoms with Crippen molar-refractivity contribution >= 4 is 29.1 Å². The van der Waals surface area contributed by atoms with Crippen LogP contribution in [0.1, 0.15) is 72.5 Å². The van der Waals surface area contributed by atoms with E-state index in [1.54, 1.807) is 25.1 Å². The Kier molecular flexibility index (Phi) is 9.96. The van der Waals surface area contributed by atoms with Crippen LogP contribution in [0.2, 0.25) is 5.02 Å². The highest BCUT2D eigenvalue weighted by Crippen LogP contribution is 2.56. The van der Waals surface area contributed by atoms with Crippen molar-refractivity contribution < 1.29 is 47.9 Å². The molecule has 254 valence electrons. The minimum Gasteiger partial charge on any atom is -0.507 e. The molecule has 11 heteroatoms. The highest BCUT2D eigenvalue weighted by Gasteiger charge is 2.61. The number of ether oxygens (including phenoxy) is 6. The Balaban J connectivity index is 1.61. The number of esters is 1.